The van der Waals surface area contributed by atoms with Crippen LogP contribution in [-0.2, 0) is 27.4 Å². The van der Waals surface area contributed by atoms with Gasteiger partial charge in [0.2, 0.25) is 11.8 Å². The van der Waals surface area contributed by atoms with Crippen LogP contribution in [0.5, 0.6) is 5.88 Å². The number of hydrogen-bond donors (Lipinski definition) is 3. The fraction of sp³-hybridized carbons (Fsp3) is 0.270. The molecule has 13 heteroatoms. The van der Waals surface area contributed by atoms with Gasteiger partial charge >= 0.3 is 5.97 Å². The topological polar surface area (TPSA) is 136 Å². The monoisotopic (exact) mass is 714 g/mol. The molecule has 0 bridgehead atoms. The highest BCUT2D eigenvalue weighted by atomic mass is 35.5. The molecule has 50 heavy (non-hydrogen) atoms. The van der Waals surface area contributed by atoms with Crippen molar-refractivity contribution in [2.75, 3.05) is 27.3 Å². The summed E-state index contributed by atoms with van der Waals surface area (Å²) < 4.78 is 11.8. The van der Waals surface area contributed by atoms with Crippen LogP contribution in [0, 0.1) is 6.92 Å². The molecule has 1 amide bonds. The molecule has 3 aromatic heterocycles. The molecule has 0 spiro atoms. The Bertz CT molecular complexity index is 2150. The zero-order chi connectivity index (χ0) is 35.4. The summed E-state index contributed by atoms with van der Waals surface area (Å²) >= 11 is 14.2. The first-order chi connectivity index (χ1) is 24.2. The lowest BCUT2D eigenvalue weighted by Crippen LogP contribution is -2.35. The van der Waals surface area contributed by atoms with Crippen molar-refractivity contribution >= 4 is 40.7 Å². The number of pyridine rings is 2. The molecule has 0 unspecified atom stereocenters. The van der Waals surface area contributed by atoms with E-state index in [-0.39, 0.29) is 30.6 Å². The standard InChI is InChI=1S/C37H36Cl2N6O5/c1-21-14-23(15-31-42-18-24(37(48)45(21)31)17-41-20-33(47)49-2)26-6-4-7-27(34(26)38)28-8-5-9-29(35(28)39)30-12-10-22(36(44-30)50-3)16-40-19-25-11-13-32(46)43-25/h4-10,12,14-15,18,25,40-41H,11,13,16-17,19-20H2,1-3H3,(H,43,46)/t25-/m0/s1. The average Bonchev–Trinajstić information content (AvgIpc) is 3.53. The smallest absolute Gasteiger partial charge is 0.319 e. The predicted molar refractivity (Wildman–Crippen MR) is 193 cm³/mol. The fourth-order valence-electron chi connectivity index (χ4n) is 6.11. The maximum absolute atomic E-state index is 13.3. The van der Waals surface area contributed by atoms with Crippen LogP contribution in [0.15, 0.2) is 71.7 Å². The van der Waals surface area contributed by atoms with E-state index in [1.54, 1.807) is 7.11 Å². The Hall–Kier alpha value is -4.81. The van der Waals surface area contributed by atoms with Crippen molar-refractivity contribution in [1.29, 1.82) is 0 Å². The van der Waals surface area contributed by atoms with Crippen LogP contribution in [0.25, 0.3) is 39.2 Å². The summed E-state index contributed by atoms with van der Waals surface area (Å²) in [6.45, 7) is 3.19. The van der Waals surface area contributed by atoms with Crippen LogP contribution >= 0.6 is 23.2 Å². The highest BCUT2D eigenvalue weighted by molar-refractivity contribution is 6.39. The number of halogens is 2. The number of carbonyl (C=O) groups excluding carboxylic acids is 2. The molecule has 2 aromatic carbocycles. The minimum Gasteiger partial charge on any atom is -0.481 e. The van der Waals surface area contributed by atoms with Crippen LogP contribution in [0.3, 0.4) is 0 Å². The molecule has 258 valence electrons. The number of esters is 1. The minimum atomic E-state index is -0.421. The first-order valence-corrected chi connectivity index (χ1v) is 16.8. The number of benzene rings is 2. The van der Waals surface area contributed by atoms with Crippen molar-refractivity contribution in [3.63, 3.8) is 0 Å². The molecule has 0 aliphatic carbocycles. The van der Waals surface area contributed by atoms with E-state index < -0.39 is 5.97 Å². The van der Waals surface area contributed by atoms with Crippen LogP contribution < -0.4 is 26.2 Å². The van der Waals surface area contributed by atoms with Crippen molar-refractivity contribution in [3.05, 3.63) is 104 Å². The number of amides is 1. The van der Waals surface area contributed by atoms with E-state index in [4.69, 9.17) is 32.9 Å². The highest BCUT2D eigenvalue weighted by Gasteiger charge is 2.21. The summed E-state index contributed by atoms with van der Waals surface area (Å²) in [5.41, 5.74) is 6.60. The third kappa shape index (κ3) is 7.36. The van der Waals surface area contributed by atoms with Crippen molar-refractivity contribution in [3.8, 4) is 39.4 Å². The number of aromatic nitrogens is 3. The Kier molecular flexibility index (Phi) is 10.8. The summed E-state index contributed by atoms with van der Waals surface area (Å²) in [6, 6.07) is 19.2. The number of ether oxygens (including phenoxy) is 2. The number of carbonyl (C=O) groups is 2. The zero-order valence-electron chi connectivity index (χ0n) is 27.8. The third-order valence-electron chi connectivity index (χ3n) is 8.67. The van der Waals surface area contributed by atoms with Gasteiger partial charge in [-0.3, -0.25) is 18.8 Å². The number of hydrogen-bond acceptors (Lipinski definition) is 9. The van der Waals surface area contributed by atoms with E-state index >= 15 is 0 Å². The van der Waals surface area contributed by atoms with Crippen molar-refractivity contribution in [1.82, 2.24) is 30.3 Å². The van der Waals surface area contributed by atoms with Gasteiger partial charge in [-0.05, 0) is 37.1 Å². The number of aryl methyl sites for hydroxylation is 1. The van der Waals surface area contributed by atoms with Crippen LogP contribution in [0.2, 0.25) is 10.0 Å². The first-order valence-electron chi connectivity index (χ1n) is 16.1. The summed E-state index contributed by atoms with van der Waals surface area (Å²) in [6.07, 6.45) is 2.90. The molecule has 11 nitrogen and oxygen atoms in total. The molecule has 6 rings (SSSR count). The second kappa shape index (κ2) is 15.4. The molecule has 5 aromatic rings. The van der Waals surface area contributed by atoms with Gasteiger partial charge in [-0.2, -0.15) is 0 Å². The van der Waals surface area contributed by atoms with Gasteiger partial charge in [0.05, 0.1) is 42.1 Å². The molecule has 1 aliphatic heterocycles. The van der Waals surface area contributed by atoms with Crippen molar-refractivity contribution in [2.45, 2.75) is 38.9 Å². The number of fused-ring (bicyclic) bond motifs is 1. The second-order valence-electron chi connectivity index (χ2n) is 12.0. The average molecular weight is 716 g/mol. The third-order valence-corrected chi connectivity index (χ3v) is 9.49. The molecule has 0 radical (unpaired) electrons. The highest BCUT2D eigenvalue weighted by Crippen LogP contribution is 2.42. The van der Waals surface area contributed by atoms with Crippen LogP contribution in [-0.4, -0.2) is 59.6 Å². The summed E-state index contributed by atoms with van der Waals surface area (Å²) in [4.78, 5) is 45.6. The molecule has 1 fully saturated rings. The fourth-order valence-corrected chi connectivity index (χ4v) is 6.77. The van der Waals surface area contributed by atoms with Crippen molar-refractivity contribution in [2.24, 2.45) is 0 Å². The lowest BCUT2D eigenvalue weighted by molar-refractivity contribution is -0.139. The number of nitrogens with one attached hydrogen (secondary N) is 3. The van der Waals surface area contributed by atoms with Gasteiger partial charge in [-0.15, -0.1) is 0 Å². The Labute approximate surface area is 299 Å². The van der Waals surface area contributed by atoms with E-state index in [9.17, 15) is 14.4 Å². The van der Waals surface area contributed by atoms with Gasteiger partial charge in [0, 0.05) is 71.8 Å². The predicted octanol–water partition coefficient (Wildman–Crippen LogP) is 5.35. The molecule has 3 N–H and O–H groups in total. The summed E-state index contributed by atoms with van der Waals surface area (Å²) in [7, 11) is 2.89. The van der Waals surface area contributed by atoms with Gasteiger partial charge in [-0.25, -0.2) is 9.97 Å². The Morgan fingerprint density at radius 2 is 1.64 bits per heavy atom. The van der Waals surface area contributed by atoms with E-state index in [1.807, 2.05) is 67.6 Å². The summed E-state index contributed by atoms with van der Waals surface area (Å²) in [5, 5.41) is 10.2. The number of methoxy groups -OCH3 is 2. The normalized spacial score (nSPS) is 14.2. The van der Waals surface area contributed by atoms with Gasteiger partial charge in [0.15, 0.2) is 0 Å². The van der Waals surface area contributed by atoms with E-state index in [2.05, 4.69) is 25.7 Å². The van der Waals surface area contributed by atoms with E-state index in [0.717, 1.165) is 39.8 Å². The Balaban J connectivity index is 1.27. The largest absolute Gasteiger partial charge is 0.481 e. The minimum absolute atomic E-state index is 0.0167. The second-order valence-corrected chi connectivity index (χ2v) is 12.7. The zero-order valence-corrected chi connectivity index (χ0v) is 29.3. The molecule has 0 saturated carbocycles. The van der Waals surface area contributed by atoms with Gasteiger partial charge in [0.1, 0.15) is 5.65 Å². The van der Waals surface area contributed by atoms with Gasteiger partial charge < -0.3 is 25.4 Å². The molecule has 1 atom stereocenters. The van der Waals surface area contributed by atoms with Gasteiger partial charge in [0.25, 0.3) is 5.56 Å². The van der Waals surface area contributed by atoms with E-state index in [0.29, 0.717) is 58.0 Å². The van der Waals surface area contributed by atoms with E-state index in [1.165, 1.54) is 17.7 Å². The molecular formula is C37H36Cl2N6O5. The number of nitrogens with zero attached hydrogens (tertiary/aromatic N) is 3. The molecule has 4 heterocycles. The number of rotatable bonds is 12. The molecular weight excluding hydrogens is 679 g/mol. The van der Waals surface area contributed by atoms with Crippen LogP contribution in [0.1, 0.15) is 29.7 Å². The maximum atomic E-state index is 13.3. The SMILES string of the molecule is COC(=O)CNCc1cnc2cc(-c3cccc(-c4cccc(-c5ccc(CNC[C@@H]6CCC(=O)N6)c(OC)n5)c4Cl)c3Cl)cc(C)n2c1=O. The Morgan fingerprint density at radius 3 is 2.34 bits per heavy atom. The lowest BCUT2D eigenvalue weighted by Gasteiger charge is -2.16. The first kappa shape index (κ1) is 35.0. The quantitative estimate of drug-likeness (QED) is 0.146. The lowest BCUT2D eigenvalue weighted by atomic mass is 9.96. The van der Waals surface area contributed by atoms with Crippen LogP contribution in [0.4, 0.5) is 0 Å². The maximum Gasteiger partial charge on any atom is 0.319 e. The Morgan fingerprint density at radius 1 is 0.940 bits per heavy atom. The van der Waals surface area contributed by atoms with Gasteiger partial charge in [-0.1, -0.05) is 65.7 Å². The van der Waals surface area contributed by atoms with Crippen molar-refractivity contribution < 1.29 is 19.1 Å². The molecule has 1 aliphatic rings. The summed E-state index contributed by atoms with van der Waals surface area (Å²) in [5.74, 6) is 0.150. The molecule has 1 saturated heterocycles.